The molecule has 0 saturated carbocycles. The predicted molar refractivity (Wildman–Crippen MR) is 81.0 cm³/mol. The lowest BCUT2D eigenvalue weighted by Gasteiger charge is -2.22. The van der Waals surface area contributed by atoms with Crippen molar-refractivity contribution in [2.24, 2.45) is 0 Å². The molecule has 0 bridgehead atoms. The zero-order chi connectivity index (χ0) is 15.2. The van der Waals surface area contributed by atoms with Crippen LogP contribution in [0.4, 0.5) is 0 Å². The van der Waals surface area contributed by atoms with Crippen molar-refractivity contribution in [1.82, 2.24) is 9.71 Å². The van der Waals surface area contributed by atoms with Crippen molar-refractivity contribution in [2.75, 3.05) is 19.4 Å². The third-order valence-electron chi connectivity index (χ3n) is 2.58. The molecule has 0 aromatic carbocycles. The number of aromatic nitrogens is 1. The van der Waals surface area contributed by atoms with Gasteiger partial charge in [0.05, 0.1) is 0 Å². The number of thioether (sulfide) groups is 1. The molecule has 0 atom stereocenters. The molecule has 0 aliphatic heterocycles. The van der Waals surface area contributed by atoms with Crippen LogP contribution in [0.1, 0.15) is 19.4 Å². The molecule has 2 N–H and O–H groups in total. The molecule has 0 saturated heterocycles. The normalized spacial score (nSPS) is 11.8. The van der Waals surface area contributed by atoms with Gasteiger partial charge in [0, 0.05) is 29.2 Å². The second-order valence-electron chi connectivity index (χ2n) is 4.66. The molecular formula is C13H18N2O3S2. The summed E-state index contributed by atoms with van der Waals surface area (Å²) in [7, 11) is -3.61. The number of aliphatic hydroxyl groups excluding tert-OH is 1. The van der Waals surface area contributed by atoms with Crippen molar-refractivity contribution < 1.29 is 13.5 Å². The average Bonchev–Trinajstić information content (AvgIpc) is 2.43. The Morgan fingerprint density at radius 1 is 1.45 bits per heavy atom. The maximum absolute atomic E-state index is 12.2. The van der Waals surface area contributed by atoms with E-state index >= 15 is 0 Å². The Hall–Kier alpha value is -1.07. The molecule has 110 valence electrons. The molecule has 0 aliphatic rings. The Balaban J connectivity index is 2.93. The molecule has 0 amide bonds. The number of nitrogens with zero attached hydrogens (tertiary/aromatic N) is 1. The van der Waals surface area contributed by atoms with Crippen molar-refractivity contribution in [3.8, 4) is 11.8 Å². The van der Waals surface area contributed by atoms with Gasteiger partial charge in [0.1, 0.15) is 11.5 Å². The summed E-state index contributed by atoms with van der Waals surface area (Å²) in [6.45, 7) is 3.96. The number of hydrogen-bond acceptors (Lipinski definition) is 5. The van der Waals surface area contributed by atoms with Crippen LogP contribution >= 0.6 is 11.8 Å². The third-order valence-corrected chi connectivity index (χ3v) is 5.19. The first-order chi connectivity index (χ1) is 9.30. The fourth-order valence-corrected chi connectivity index (χ4v) is 2.71. The number of pyridine rings is 1. The number of nitrogens with one attached hydrogen (secondary N) is 1. The van der Waals surface area contributed by atoms with Crippen molar-refractivity contribution >= 4 is 21.8 Å². The standard InChI is InChI=1S/C13H18N2O3S2/c1-13(2,19-3)10-15-20(17,18)12-7-11(5-4-6-16)8-14-9-12/h7-9,15-16H,6,10H2,1-3H3. The molecule has 0 fully saturated rings. The van der Waals surface area contributed by atoms with E-state index in [9.17, 15) is 8.42 Å². The fraction of sp³-hybridized carbons (Fsp3) is 0.462. The zero-order valence-corrected chi connectivity index (χ0v) is 13.3. The van der Waals surface area contributed by atoms with E-state index in [0.717, 1.165) is 0 Å². The van der Waals surface area contributed by atoms with E-state index in [1.165, 1.54) is 18.5 Å². The Kier molecular flexibility index (Phi) is 6.02. The van der Waals surface area contributed by atoms with Gasteiger partial charge in [0.25, 0.3) is 0 Å². The minimum atomic E-state index is -3.61. The molecule has 0 unspecified atom stereocenters. The molecule has 0 radical (unpaired) electrons. The van der Waals surface area contributed by atoms with Gasteiger partial charge >= 0.3 is 0 Å². The molecule has 1 rings (SSSR count). The van der Waals surface area contributed by atoms with E-state index in [-0.39, 0.29) is 16.2 Å². The van der Waals surface area contributed by atoms with Crippen LogP contribution < -0.4 is 4.72 Å². The summed E-state index contributed by atoms with van der Waals surface area (Å²) in [6.07, 6.45) is 4.66. The first-order valence-corrected chi connectivity index (χ1v) is 8.61. The van der Waals surface area contributed by atoms with E-state index in [2.05, 4.69) is 21.5 Å². The molecule has 1 heterocycles. The summed E-state index contributed by atoms with van der Waals surface area (Å²) in [5, 5.41) is 8.63. The number of aliphatic hydroxyl groups is 1. The van der Waals surface area contributed by atoms with Crippen LogP contribution in [-0.4, -0.2) is 42.7 Å². The van der Waals surface area contributed by atoms with Crippen molar-refractivity contribution in [3.63, 3.8) is 0 Å². The number of sulfonamides is 1. The summed E-state index contributed by atoms with van der Waals surface area (Å²) in [5.41, 5.74) is 0.450. The molecule has 5 nitrogen and oxygen atoms in total. The molecule has 1 aromatic heterocycles. The first kappa shape index (κ1) is 17.0. The van der Waals surface area contributed by atoms with Gasteiger partial charge in [0.15, 0.2) is 0 Å². The van der Waals surface area contributed by atoms with Gasteiger partial charge < -0.3 is 5.11 Å². The van der Waals surface area contributed by atoms with Crippen LogP contribution in [-0.2, 0) is 10.0 Å². The van der Waals surface area contributed by atoms with Gasteiger partial charge in [-0.15, -0.1) is 0 Å². The van der Waals surface area contributed by atoms with E-state index in [1.54, 1.807) is 11.8 Å². The SMILES string of the molecule is CSC(C)(C)CNS(=O)(=O)c1cncc(C#CCO)c1. The maximum atomic E-state index is 12.2. The van der Waals surface area contributed by atoms with Crippen LogP contribution in [0.25, 0.3) is 0 Å². The Morgan fingerprint density at radius 2 is 2.15 bits per heavy atom. The van der Waals surface area contributed by atoms with E-state index < -0.39 is 10.0 Å². The summed E-state index contributed by atoms with van der Waals surface area (Å²) in [5.74, 6) is 5.09. The summed E-state index contributed by atoms with van der Waals surface area (Å²) in [4.78, 5) is 3.93. The van der Waals surface area contributed by atoms with E-state index in [0.29, 0.717) is 12.1 Å². The monoisotopic (exact) mass is 314 g/mol. The predicted octanol–water partition coefficient (Wildman–Crippen LogP) is 0.845. The van der Waals surface area contributed by atoms with Crippen LogP contribution in [0.2, 0.25) is 0 Å². The highest BCUT2D eigenvalue weighted by Crippen LogP contribution is 2.20. The second kappa shape index (κ2) is 7.09. The van der Waals surface area contributed by atoms with Gasteiger partial charge in [-0.1, -0.05) is 11.8 Å². The zero-order valence-electron chi connectivity index (χ0n) is 11.7. The highest BCUT2D eigenvalue weighted by Gasteiger charge is 2.21. The number of rotatable bonds is 5. The molecule has 0 aliphatic carbocycles. The van der Waals surface area contributed by atoms with Crippen molar-refractivity contribution in [3.05, 3.63) is 24.0 Å². The van der Waals surface area contributed by atoms with Gasteiger partial charge in [-0.3, -0.25) is 4.98 Å². The second-order valence-corrected chi connectivity index (χ2v) is 7.94. The van der Waals surface area contributed by atoms with Crippen molar-refractivity contribution in [1.29, 1.82) is 0 Å². The smallest absolute Gasteiger partial charge is 0.242 e. The Labute approximate surface area is 124 Å². The average molecular weight is 314 g/mol. The number of hydrogen-bond donors (Lipinski definition) is 2. The highest BCUT2D eigenvalue weighted by atomic mass is 32.2. The van der Waals surface area contributed by atoms with Crippen LogP contribution in [0.5, 0.6) is 0 Å². The molecule has 20 heavy (non-hydrogen) atoms. The van der Waals surface area contributed by atoms with Crippen LogP contribution in [0, 0.1) is 11.8 Å². The lowest BCUT2D eigenvalue weighted by molar-refractivity contribution is 0.350. The molecule has 1 aromatic rings. The largest absolute Gasteiger partial charge is 0.384 e. The van der Waals surface area contributed by atoms with Gasteiger partial charge in [-0.25, -0.2) is 13.1 Å². The van der Waals surface area contributed by atoms with E-state index in [4.69, 9.17) is 5.11 Å². The van der Waals surface area contributed by atoms with Crippen molar-refractivity contribution in [2.45, 2.75) is 23.5 Å². The molecular weight excluding hydrogens is 296 g/mol. The van der Waals surface area contributed by atoms with Crippen LogP contribution in [0.3, 0.4) is 0 Å². The van der Waals surface area contributed by atoms with Gasteiger partial charge in [0.2, 0.25) is 10.0 Å². The topological polar surface area (TPSA) is 79.3 Å². The minimum Gasteiger partial charge on any atom is -0.384 e. The third kappa shape index (κ3) is 5.13. The highest BCUT2D eigenvalue weighted by molar-refractivity contribution is 8.00. The Morgan fingerprint density at radius 3 is 2.75 bits per heavy atom. The lowest BCUT2D eigenvalue weighted by Crippen LogP contribution is -2.36. The van der Waals surface area contributed by atoms with Gasteiger partial charge in [-0.2, -0.15) is 11.8 Å². The fourth-order valence-electron chi connectivity index (χ4n) is 1.20. The Bertz CT molecular complexity index is 616. The van der Waals surface area contributed by atoms with E-state index in [1.807, 2.05) is 20.1 Å². The molecule has 7 heteroatoms. The van der Waals surface area contributed by atoms with Crippen LogP contribution in [0.15, 0.2) is 23.4 Å². The lowest BCUT2D eigenvalue weighted by atomic mass is 10.2. The summed E-state index contributed by atoms with van der Waals surface area (Å²) in [6, 6.07) is 1.43. The molecule has 0 spiro atoms. The van der Waals surface area contributed by atoms with Gasteiger partial charge in [-0.05, 0) is 26.2 Å². The first-order valence-electron chi connectivity index (χ1n) is 5.90. The summed E-state index contributed by atoms with van der Waals surface area (Å²) >= 11 is 1.58. The minimum absolute atomic E-state index is 0.0687. The quantitative estimate of drug-likeness (QED) is 0.788. The maximum Gasteiger partial charge on any atom is 0.242 e. The summed E-state index contributed by atoms with van der Waals surface area (Å²) < 4.78 is 26.7.